The lowest BCUT2D eigenvalue weighted by atomic mass is 9.61. The Morgan fingerprint density at radius 3 is 1.65 bits per heavy atom. The predicted octanol–water partition coefficient (Wildman–Crippen LogP) is 6.96. The van der Waals surface area contributed by atoms with Crippen LogP contribution in [0.1, 0.15) is 38.5 Å². The van der Waals surface area contributed by atoms with Crippen LogP contribution in [0.4, 0.5) is 0 Å². The highest BCUT2D eigenvalue weighted by Crippen LogP contribution is 2.48. The quantitative estimate of drug-likeness (QED) is 0.138. The van der Waals surface area contributed by atoms with Crippen LogP contribution in [0.25, 0.3) is 0 Å². The largest absolute Gasteiger partial charge is 0.744 e. The minimum absolute atomic E-state index is 0.0156. The summed E-state index contributed by atoms with van der Waals surface area (Å²) in [5.74, 6) is -0.387. The maximum Gasteiger partial charge on any atom is 0.314 e. The molecule has 4 atom stereocenters. The van der Waals surface area contributed by atoms with E-state index in [2.05, 4.69) is 67.8 Å². The molecule has 2 fully saturated rings. The molecular weight excluding hydrogens is 1070 g/mol. The van der Waals surface area contributed by atoms with Crippen LogP contribution in [-0.2, 0) is 19.7 Å². The molecule has 2 aliphatic rings. The number of benzene rings is 2. The van der Waals surface area contributed by atoms with Gasteiger partial charge in [-0.3, -0.25) is 9.59 Å². The van der Waals surface area contributed by atoms with Gasteiger partial charge in [-0.05, 0) is 175 Å². The van der Waals surface area contributed by atoms with Crippen molar-refractivity contribution in [2.45, 2.75) is 43.4 Å². The molecule has 13 heteroatoms. The van der Waals surface area contributed by atoms with Crippen LogP contribution < -0.4 is 9.47 Å². The molecule has 0 N–H and O–H groups in total. The summed E-state index contributed by atoms with van der Waals surface area (Å²) in [6.07, 6.45) is 4.76. The lowest BCUT2D eigenvalue weighted by molar-refractivity contribution is -0.151. The Labute approximate surface area is 283 Å². The molecule has 2 aromatic rings. The van der Waals surface area contributed by atoms with E-state index < -0.39 is 10.1 Å². The van der Waals surface area contributed by atoms with Crippen molar-refractivity contribution in [3.05, 3.63) is 42.1 Å². The third kappa shape index (κ3) is 7.24. The summed E-state index contributed by atoms with van der Waals surface area (Å²) in [5.41, 5.74) is 0. The maximum absolute atomic E-state index is 13.3. The van der Waals surface area contributed by atoms with E-state index in [1.807, 2.05) is 12.1 Å². The van der Waals surface area contributed by atoms with Crippen LogP contribution in [0.5, 0.6) is 11.5 Å². The zero-order valence-corrected chi connectivity index (χ0v) is 30.6. The van der Waals surface area contributed by atoms with Crippen LogP contribution in [0.3, 0.4) is 0 Å². The van der Waals surface area contributed by atoms with E-state index in [0.29, 0.717) is 12.2 Å². The number of carbonyl (C=O) groups is 2. The predicted molar refractivity (Wildman–Crippen MR) is 177 cm³/mol. The lowest BCUT2D eigenvalue weighted by Crippen LogP contribution is -2.44. The van der Waals surface area contributed by atoms with Gasteiger partial charge in [0.15, 0.2) is 5.75 Å². The highest BCUT2D eigenvalue weighted by atomic mass is 127. The Balaban J connectivity index is 1.50. The highest BCUT2D eigenvalue weighted by Gasteiger charge is 2.46. The second-order valence-corrected chi connectivity index (χ2v) is 16.3. The minimum atomic E-state index is -4.64. The van der Waals surface area contributed by atoms with Gasteiger partial charge in [0, 0.05) is 10.7 Å². The van der Waals surface area contributed by atoms with Crippen molar-refractivity contribution in [1.29, 1.82) is 0 Å². The van der Waals surface area contributed by atoms with Crippen LogP contribution in [0.15, 0.2) is 29.2 Å². The molecule has 4 unspecified atom stereocenters. The van der Waals surface area contributed by atoms with E-state index in [0.717, 1.165) is 42.8 Å². The Morgan fingerprint density at radius 2 is 1.19 bits per heavy atom. The molecule has 200 valence electrons. The fraction of sp³-hybridized carbons (Fsp3) is 0.417. The molecule has 2 saturated carbocycles. The Bertz CT molecular complexity index is 1300. The smallest absolute Gasteiger partial charge is 0.314 e. The number of fused-ring (bicyclic) bond motifs is 1. The summed E-state index contributed by atoms with van der Waals surface area (Å²) in [4.78, 5) is 26.3. The molecule has 37 heavy (non-hydrogen) atoms. The summed E-state index contributed by atoms with van der Waals surface area (Å²) in [6.45, 7) is 0. The standard InChI is InChI=1S/C24H21I5O7S/c25-11-7-17(26)21(18(27)8-11)36-24(31)16-6-2-3-13-14(16)4-1-5-15(13)23(30)35-12-9-19(28)22(20(29)10-12)37(32,33)34/h7-10,13-16H,1-6H2,(H,32,33,34)/p-1. The average Bonchev–Trinajstić information content (AvgIpc) is 2.79. The Morgan fingerprint density at radius 1 is 0.730 bits per heavy atom. The fourth-order valence-electron chi connectivity index (χ4n) is 5.42. The van der Waals surface area contributed by atoms with Gasteiger partial charge in [0.2, 0.25) is 0 Å². The van der Waals surface area contributed by atoms with Gasteiger partial charge in [0.25, 0.3) is 0 Å². The molecule has 0 heterocycles. The Kier molecular flexibility index (Phi) is 10.7. The maximum atomic E-state index is 13.3. The summed E-state index contributed by atoms with van der Waals surface area (Å²) in [6, 6.07) is 6.75. The first kappa shape index (κ1) is 30.9. The Hall–Kier alpha value is 0.940. The first-order valence-electron chi connectivity index (χ1n) is 11.4. The second-order valence-electron chi connectivity index (χ2n) is 9.11. The SMILES string of the molecule is O=C(Oc1cc(I)c(S(=O)(=O)[O-])c(I)c1)C1CCCC2C(C(=O)Oc3c(I)cc(I)cc3I)CCCC12. The van der Waals surface area contributed by atoms with Crippen molar-refractivity contribution in [2.75, 3.05) is 0 Å². The summed E-state index contributed by atoms with van der Waals surface area (Å²) in [7, 11) is -4.64. The minimum Gasteiger partial charge on any atom is -0.744 e. The second kappa shape index (κ2) is 12.8. The average molecular weight is 1090 g/mol. The molecule has 0 aromatic heterocycles. The summed E-state index contributed by atoms with van der Waals surface area (Å²) in [5, 5.41) is 0. The zero-order chi connectivity index (χ0) is 27.1. The van der Waals surface area contributed by atoms with Crippen LogP contribution >= 0.6 is 113 Å². The number of hydrogen-bond donors (Lipinski definition) is 0. The zero-order valence-electron chi connectivity index (χ0n) is 19.0. The number of rotatable bonds is 5. The molecule has 0 aliphatic heterocycles. The van der Waals surface area contributed by atoms with Crippen LogP contribution in [0.2, 0.25) is 0 Å². The number of halogens is 5. The lowest BCUT2D eigenvalue weighted by Gasteiger charge is -2.43. The van der Waals surface area contributed by atoms with Gasteiger partial charge in [-0.15, -0.1) is 0 Å². The molecule has 0 amide bonds. The first-order valence-corrected chi connectivity index (χ1v) is 18.2. The summed E-state index contributed by atoms with van der Waals surface area (Å²) >= 11 is 10.1. The van der Waals surface area contributed by atoms with E-state index in [9.17, 15) is 22.6 Å². The van der Waals surface area contributed by atoms with Crippen LogP contribution in [0, 0.1) is 41.5 Å². The molecular formula is C24H20I5O7S-. The van der Waals surface area contributed by atoms with E-state index in [1.165, 1.54) is 12.1 Å². The third-order valence-corrected chi connectivity index (χ3v) is 12.5. The van der Waals surface area contributed by atoms with E-state index in [4.69, 9.17) is 9.47 Å². The van der Waals surface area contributed by atoms with Gasteiger partial charge in [-0.1, -0.05) is 12.8 Å². The van der Waals surface area contributed by atoms with Crippen LogP contribution in [-0.4, -0.2) is 24.9 Å². The molecule has 0 radical (unpaired) electrons. The van der Waals surface area contributed by atoms with E-state index >= 15 is 0 Å². The topological polar surface area (TPSA) is 110 Å². The molecule has 2 aliphatic carbocycles. The van der Waals surface area contributed by atoms with Crippen molar-refractivity contribution >= 4 is 135 Å². The van der Waals surface area contributed by atoms with Gasteiger partial charge in [-0.2, -0.15) is 0 Å². The van der Waals surface area contributed by atoms with Crippen molar-refractivity contribution in [3.63, 3.8) is 0 Å². The molecule has 4 rings (SSSR count). The van der Waals surface area contributed by atoms with Crippen molar-refractivity contribution in [2.24, 2.45) is 23.7 Å². The molecule has 0 bridgehead atoms. The third-order valence-electron chi connectivity index (χ3n) is 6.90. The number of esters is 2. The van der Waals surface area contributed by atoms with Crippen molar-refractivity contribution < 1.29 is 32.0 Å². The van der Waals surface area contributed by atoms with Gasteiger partial charge in [0.1, 0.15) is 15.9 Å². The number of hydrogen-bond acceptors (Lipinski definition) is 7. The van der Waals surface area contributed by atoms with Gasteiger partial charge in [-0.25, -0.2) is 8.42 Å². The number of carbonyl (C=O) groups excluding carboxylic acids is 2. The first-order chi connectivity index (χ1) is 17.4. The van der Waals surface area contributed by atoms with Gasteiger partial charge in [0.05, 0.1) is 23.9 Å². The van der Waals surface area contributed by atoms with Gasteiger partial charge < -0.3 is 14.0 Å². The van der Waals surface area contributed by atoms with Crippen molar-refractivity contribution in [3.8, 4) is 11.5 Å². The van der Waals surface area contributed by atoms with Gasteiger partial charge >= 0.3 is 11.9 Å². The summed E-state index contributed by atoms with van der Waals surface area (Å²) < 4.78 is 49.6. The van der Waals surface area contributed by atoms with E-state index in [1.54, 1.807) is 45.2 Å². The monoisotopic (exact) mass is 1090 g/mol. The normalized spacial score (nSPS) is 23.7. The molecule has 0 saturated heterocycles. The van der Waals surface area contributed by atoms with Crippen molar-refractivity contribution in [1.82, 2.24) is 0 Å². The number of ether oxygens (including phenoxy) is 2. The van der Waals surface area contributed by atoms with E-state index in [-0.39, 0.29) is 53.4 Å². The fourth-order valence-corrected chi connectivity index (χ4v) is 13.1. The molecule has 0 spiro atoms. The highest BCUT2D eigenvalue weighted by molar-refractivity contribution is 14.1. The molecule has 2 aromatic carbocycles. The molecule has 7 nitrogen and oxygen atoms in total.